The molecule has 0 atom stereocenters. The molecule has 0 amide bonds. The molecule has 0 spiro atoms. The largest absolute Gasteiger partial charge is 0.383 e. The van der Waals surface area contributed by atoms with Crippen LogP contribution in [0.15, 0.2) is 54.7 Å². The van der Waals surface area contributed by atoms with Crippen molar-refractivity contribution in [1.29, 1.82) is 0 Å². The molecule has 0 bridgehead atoms. The van der Waals surface area contributed by atoms with Crippen molar-refractivity contribution in [1.82, 2.24) is 30.1 Å². The number of nitrogens with zero attached hydrogens (tertiary/aromatic N) is 6. The minimum absolute atomic E-state index is 0.326. The summed E-state index contributed by atoms with van der Waals surface area (Å²) in [5, 5.41) is 13.0. The first kappa shape index (κ1) is 20.3. The summed E-state index contributed by atoms with van der Waals surface area (Å²) in [6.45, 7) is 0.877. The van der Waals surface area contributed by atoms with Crippen LogP contribution in [0.2, 0.25) is 10.0 Å². The summed E-state index contributed by atoms with van der Waals surface area (Å²) in [6, 6.07) is 15.4. The van der Waals surface area contributed by atoms with E-state index >= 15 is 0 Å². The van der Waals surface area contributed by atoms with Crippen LogP contribution >= 0.6 is 23.2 Å². The van der Waals surface area contributed by atoms with E-state index in [1.165, 1.54) is 10.2 Å². The Morgan fingerprint density at radius 3 is 2.33 bits per heavy atom. The first-order valence-corrected chi connectivity index (χ1v) is 9.91. The van der Waals surface area contributed by atoms with Gasteiger partial charge in [0.05, 0.1) is 11.3 Å². The smallest absolute Gasteiger partial charge is 0.190 e. The zero-order valence-electron chi connectivity index (χ0n) is 16.4. The number of benzene rings is 2. The molecule has 2 aromatic heterocycles. The molecule has 2 aromatic carbocycles. The normalized spacial score (nSPS) is 11.2. The summed E-state index contributed by atoms with van der Waals surface area (Å²) in [5.74, 6) is 0.775. The lowest BCUT2D eigenvalue weighted by Crippen LogP contribution is -2.10. The maximum atomic E-state index is 6.17. The molecule has 0 aliphatic rings. The highest BCUT2D eigenvalue weighted by molar-refractivity contribution is 6.34. The number of rotatable bonds is 5. The van der Waals surface area contributed by atoms with Gasteiger partial charge in [0.2, 0.25) is 0 Å². The third-order valence-corrected chi connectivity index (χ3v) is 4.94. The Hall–Kier alpha value is -3.00. The van der Waals surface area contributed by atoms with Gasteiger partial charge in [-0.3, -0.25) is 0 Å². The Bertz CT molecular complexity index is 1170. The van der Waals surface area contributed by atoms with Crippen molar-refractivity contribution in [3.63, 3.8) is 0 Å². The Morgan fingerprint density at radius 1 is 0.967 bits per heavy atom. The predicted molar refractivity (Wildman–Crippen MR) is 120 cm³/mol. The summed E-state index contributed by atoms with van der Waals surface area (Å²) < 4.78 is 1.54. The Balaban J connectivity index is 1.74. The van der Waals surface area contributed by atoms with Crippen LogP contribution in [-0.2, 0) is 6.54 Å². The van der Waals surface area contributed by atoms with Gasteiger partial charge in [0.15, 0.2) is 5.82 Å². The summed E-state index contributed by atoms with van der Waals surface area (Å²) in [6.07, 6.45) is 1.74. The minimum atomic E-state index is 0.326. The summed E-state index contributed by atoms with van der Waals surface area (Å²) >= 11 is 12.3. The molecule has 2 N–H and O–H groups in total. The number of hydrogen-bond acceptors (Lipinski definition) is 6. The van der Waals surface area contributed by atoms with Gasteiger partial charge >= 0.3 is 0 Å². The zero-order chi connectivity index (χ0) is 21.3. The molecular weight excluding hydrogens is 421 g/mol. The topological polar surface area (TPSA) is 85.8 Å². The molecule has 0 unspecified atom stereocenters. The van der Waals surface area contributed by atoms with Crippen molar-refractivity contribution in [2.24, 2.45) is 0 Å². The van der Waals surface area contributed by atoms with E-state index in [-0.39, 0.29) is 0 Å². The molecule has 0 saturated carbocycles. The van der Waals surface area contributed by atoms with E-state index in [1.54, 1.807) is 24.4 Å². The number of anilines is 1. The summed E-state index contributed by atoms with van der Waals surface area (Å²) in [7, 11) is 4.09. The average molecular weight is 440 g/mol. The third-order valence-electron chi connectivity index (χ3n) is 4.51. The summed E-state index contributed by atoms with van der Waals surface area (Å²) in [4.78, 5) is 6.49. The van der Waals surface area contributed by atoms with Crippen molar-refractivity contribution in [3.8, 4) is 28.2 Å². The van der Waals surface area contributed by atoms with Crippen LogP contribution in [0.4, 0.5) is 5.82 Å². The van der Waals surface area contributed by atoms with Crippen LogP contribution < -0.4 is 5.73 Å². The number of nitrogens with two attached hydrogens (primary N) is 1. The van der Waals surface area contributed by atoms with E-state index in [4.69, 9.17) is 28.9 Å². The molecule has 2 heterocycles. The second-order valence-electron chi connectivity index (χ2n) is 7.13. The number of hydrogen-bond donors (Lipinski definition) is 1. The highest BCUT2D eigenvalue weighted by Gasteiger charge is 2.16. The van der Waals surface area contributed by atoms with Gasteiger partial charge in [0, 0.05) is 28.4 Å². The Morgan fingerprint density at radius 2 is 1.67 bits per heavy atom. The second kappa shape index (κ2) is 8.39. The van der Waals surface area contributed by atoms with Crippen molar-refractivity contribution < 1.29 is 0 Å². The molecule has 0 aliphatic carbocycles. The molecule has 7 nitrogen and oxygen atoms in total. The molecule has 0 saturated heterocycles. The van der Waals surface area contributed by atoms with Crippen molar-refractivity contribution in [3.05, 3.63) is 70.3 Å². The van der Waals surface area contributed by atoms with Gasteiger partial charge in [-0.2, -0.15) is 4.68 Å². The monoisotopic (exact) mass is 439 g/mol. The van der Waals surface area contributed by atoms with Gasteiger partial charge in [-0.15, -0.1) is 5.10 Å². The fourth-order valence-corrected chi connectivity index (χ4v) is 3.69. The lowest BCUT2D eigenvalue weighted by Gasteiger charge is -2.11. The van der Waals surface area contributed by atoms with Gasteiger partial charge in [-0.25, -0.2) is 4.98 Å². The number of halogens is 2. The van der Waals surface area contributed by atoms with Gasteiger partial charge in [-0.1, -0.05) is 47.5 Å². The maximum absolute atomic E-state index is 6.17. The molecule has 0 aliphatic heterocycles. The Kier molecular flexibility index (Phi) is 5.67. The Labute approximate surface area is 184 Å². The van der Waals surface area contributed by atoms with Gasteiger partial charge < -0.3 is 10.6 Å². The zero-order valence-corrected chi connectivity index (χ0v) is 17.9. The third kappa shape index (κ3) is 4.28. The van der Waals surface area contributed by atoms with Gasteiger partial charge in [0.1, 0.15) is 5.82 Å². The van der Waals surface area contributed by atoms with Gasteiger partial charge in [-0.05, 0) is 59.9 Å². The van der Waals surface area contributed by atoms with Crippen LogP contribution in [0, 0.1) is 0 Å². The first-order chi connectivity index (χ1) is 14.4. The van der Waals surface area contributed by atoms with Crippen LogP contribution in [0.5, 0.6) is 0 Å². The number of nitrogen functional groups attached to an aromatic ring is 1. The van der Waals surface area contributed by atoms with Crippen LogP contribution in [0.1, 0.15) is 5.56 Å². The second-order valence-corrected chi connectivity index (χ2v) is 8.01. The van der Waals surface area contributed by atoms with E-state index in [9.17, 15) is 0 Å². The standard InChI is InChI=1S/C21H19Cl2N7/c1-29(2)12-13-3-5-14(6-4-13)15-7-19(20(24)25-11-15)21-26-27-28-30(21)18-9-16(22)8-17(23)10-18/h3-11H,12H2,1-2H3,(H2,24,25). The average Bonchev–Trinajstić information content (AvgIpc) is 3.17. The van der Waals surface area contributed by atoms with Crippen LogP contribution in [0.25, 0.3) is 28.2 Å². The minimum Gasteiger partial charge on any atom is -0.383 e. The van der Waals surface area contributed by atoms with Crippen molar-refractivity contribution in [2.45, 2.75) is 6.54 Å². The maximum Gasteiger partial charge on any atom is 0.190 e. The SMILES string of the molecule is CN(C)Cc1ccc(-c2cnc(N)c(-c3nnnn3-c3cc(Cl)cc(Cl)c3)c2)cc1. The van der Waals surface area contributed by atoms with E-state index in [2.05, 4.69) is 49.7 Å². The van der Waals surface area contributed by atoms with E-state index in [1.807, 2.05) is 20.2 Å². The molecule has 152 valence electrons. The van der Waals surface area contributed by atoms with Crippen molar-refractivity contribution in [2.75, 3.05) is 19.8 Å². The lowest BCUT2D eigenvalue weighted by molar-refractivity contribution is 0.402. The van der Waals surface area contributed by atoms with Crippen LogP contribution in [-0.4, -0.2) is 44.2 Å². The summed E-state index contributed by atoms with van der Waals surface area (Å²) in [5.41, 5.74) is 10.6. The van der Waals surface area contributed by atoms with E-state index < -0.39 is 0 Å². The number of tetrazole rings is 1. The lowest BCUT2D eigenvalue weighted by atomic mass is 10.0. The first-order valence-electron chi connectivity index (χ1n) is 9.15. The number of aromatic nitrogens is 5. The van der Waals surface area contributed by atoms with E-state index in [0.717, 1.165) is 17.7 Å². The molecule has 4 rings (SSSR count). The van der Waals surface area contributed by atoms with E-state index in [0.29, 0.717) is 32.9 Å². The quantitative estimate of drug-likeness (QED) is 0.497. The van der Waals surface area contributed by atoms with Crippen molar-refractivity contribution >= 4 is 29.0 Å². The highest BCUT2D eigenvalue weighted by atomic mass is 35.5. The highest BCUT2D eigenvalue weighted by Crippen LogP contribution is 2.30. The fraction of sp³-hybridized carbons (Fsp3) is 0.143. The molecule has 4 aromatic rings. The molecule has 0 fully saturated rings. The number of pyridine rings is 1. The molecule has 30 heavy (non-hydrogen) atoms. The molecule has 9 heteroatoms. The predicted octanol–water partition coefficient (Wildman–Crippen LogP) is 4.34. The molecule has 0 radical (unpaired) electrons. The fourth-order valence-electron chi connectivity index (χ4n) is 3.17. The molecular formula is C21H19Cl2N7. The van der Waals surface area contributed by atoms with Crippen LogP contribution in [0.3, 0.4) is 0 Å². The van der Waals surface area contributed by atoms with Gasteiger partial charge in [0.25, 0.3) is 0 Å².